The van der Waals surface area contributed by atoms with Gasteiger partial charge in [0.05, 0.1) is 6.04 Å². The fraction of sp³-hybridized carbons (Fsp3) is 0.909. The van der Waals surface area contributed by atoms with E-state index in [1.54, 1.807) is 0 Å². The molecule has 1 heterocycles. The van der Waals surface area contributed by atoms with E-state index in [1.807, 2.05) is 0 Å². The van der Waals surface area contributed by atoms with Crippen LogP contribution < -0.4 is 11.1 Å². The number of amides is 1. The Hall–Kier alpha value is -0.650. The Balaban J connectivity index is 2.33. The second kappa shape index (κ2) is 6.83. The third-order valence-corrected chi connectivity index (χ3v) is 3.02. The Labute approximate surface area is 98.0 Å². The maximum atomic E-state index is 11.3. The van der Waals surface area contributed by atoms with Crippen molar-refractivity contribution in [2.75, 3.05) is 46.3 Å². The number of hydrogen-bond donors (Lipinski definition) is 2. The van der Waals surface area contributed by atoms with E-state index in [4.69, 9.17) is 5.73 Å². The molecule has 1 amide bonds. The minimum atomic E-state index is -0.243. The van der Waals surface area contributed by atoms with Gasteiger partial charge in [-0.2, -0.15) is 0 Å². The molecule has 0 aliphatic carbocycles. The molecule has 94 valence electrons. The van der Waals surface area contributed by atoms with E-state index in [9.17, 15) is 4.79 Å². The summed E-state index contributed by atoms with van der Waals surface area (Å²) in [5, 5.41) is 3.20. The molecule has 1 unspecified atom stereocenters. The summed E-state index contributed by atoms with van der Waals surface area (Å²) in [7, 11) is 2.12. The van der Waals surface area contributed by atoms with E-state index in [1.165, 1.54) is 0 Å². The van der Waals surface area contributed by atoms with E-state index < -0.39 is 0 Å². The lowest BCUT2D eigenvalue weighted by molar-refractivity contribution is -0.120. The number of hydrogen-bond acceptors (Lipinski definition) is 4. The molecule has 1 saturated heterocycles. The summed E-state index contributed by atoms with van der Waals surface area (Å²) in [6.45, 7) is 7.85. The molecule has 0 bridgehead atoms. The second-order valence-electron chi connectivity index (χ2n) is 4.51. The first-order chi connectivity index (χ1) is 7.63. The van der Waals surface area contributed by atoms with Crippen molar-refractivity contribution < 1.29 is 4.79 Å². The summed E-state index contributed by atoms with van der Waals surface area (Å²) in [5.74, 6) is -0.243. The molecule has 0 saturated carbocycles. The van der Waals surface area contributed by atoms with Gasteiger partial charge in [0, 0.05) is 32.7 Å². The normalized spacial score (nSPS) is 20.9. The molecule has 0 radical (unpaired) electrons. The quantitative estimate of drug-likeness (QED) is 0.618. The molecule has 5 nitrogen and oxygen atoms in total. The second-order valence-corrected chi connectivity index (χ2v) is 4.51. The number of likely N-dealkylation sites (N-methyl/N-ethyl adjacent to an activating group) is 1. The Kier molecular flexibility index (Phi) is 5.73. The van der Waals surface area contributed by atoms with Crippen LogP contribution in [0, 0.1) is 0 Å². The van der Waals surface area contributed by atoms with Crippen molar-refractivity contribution in [1.82, 2.24) is 15.1 Å². The molecule has 1 aliphatic heterocycles. The van der Waals surface area contributed by atoms with Crippen LogP contribution in [-0.4, -0.2) is 68.1 Å². The van der Waals surface area contributed by atoms with Crippen LogP contribution in [0.15, 0.2) is 0 Å². The topological polar surface area (TPSA) is 61.6 Å². The van der Waals surface area contributed by atoms with Gasteiger partial charge in [-0.05, 0) is 20.0 Å². The molecule has 1 aliphatic rings. The zero-order chi connectivity index (χ0) is 12.0. The maximum Gasteiger partial charge on any atom is 0.235 e. The Morgan fingerprint density at radius 3 is 2.50 bits per heavy atom. The van der Waals surface area contributed by atoms with Crippen molar-refractivity contribution in [2.45, 2.75) is 19.4 Å². The zero-order valence-corrected chi connectivity index (χ0v) is 10.4. The number of nitrogens with two attached hydrogens (primary N) is 1. The Morgan fingerprint density at radius 1 is 1.38 bits per heavy atom. The lowest BCUT2D eigenvalue weighted by Crippen LogP contribution is -2.53. The summed E-state index contributed by atoms with van der Waals surface area (Å²) >= 11 is 0. The van der Waals surface area contributed by atoms with Crippen molar-refractivity contribution in [3.63, 3.8) is 0 Å². The molecule has 0 spiro atoms. The number of rotatable bonds is 6. The van der Waals surface area contributed by atoms with E-state index >= 15 is 0 Å². The van der Waals surface area contributed by atoms with Crippen LogP contribution in [0.4, 0.5) is 0 Å². The van der Waals surface area contributed by atoms with Crippen molar-refractivity contribution in [1.29, 1.82) is 0 Å². The predicted octanol–water partition coefficient (Wildman–Crippen LogP) is -0.913. The highest BCUT2D eigenvalue weighted by Crippen LogP contribution is 2.00. The zero-order valence-electron chi connectivity index (χ0n) is 10.4. The molecule has 0 aromatic heterocycles. The van der Waals surface area contributed by atoms with Gasteiger partial charge >= 0.3 is 0 Å². The first-order valence-corrected chi connectivity index (χ1v) is 6.07. The third kappa shape index (κ3) is 4.47. The monoisotopic (exact) mass is 228 g/mol. The van der Waals surface area contributed by atoms with E-state index in [2.05, 4.69) is 29.1 Å². The fourth-order valence-corrected chi connectivity index (χ4v) is 1.86. The first-order valence-electron chi connectivity index (χ1n) is 6.07. The van der Waals surface area contributed by atoms with Gasteiger partial charge in [-0.15, -0.1) is 0 Å². The average Bonchev–Trinajstić information content (AvgIpc) is 2.26. The van der Waals surface area contributed by atoms with Gasteiger partial charge < -0.3 is 16.0 Å². The number of piperazine rings is 1. The van der Waals surface area contributed by atoms with Crippen LogP contribution in [0.5, 0.6) is 0 Å². The molecule has 3 N–H and O–H groups in total. The van der Waals surface area contributed by atoms with Crippen LogP contribution in [0.3, 0.4) is 0 Å². The fourth-order valence-electron chi connectivity index (χ4n) is 1.86. The molecule has 1 fully saturated rings. The predicted molar refractivity (Wildman–Crippen MR) is 65.2 cm³/mol. The highest BCUT2D eigenvalue weighted by atomic mass is 16.1. The van der Waals surface area contributed by atoms with Crippen LogP contribution >= 0.6 is 0 Å². The molecule has 1 atom stereocenters. The number of carbonyl (C=O) groups excluding carboxylic acids is 1. The molecule has 0 aromatic carbocycles. The average molecular weight is 228 g/mol. The molecule has 1 rings (SSSR count). The van der Waals surface area contributed by atoms with Crippen molar-refractivity contribution in [3.05, 3.63) is 0 Å². The SMILES string of the molecule is CCCNC(CN1CCN(C)CC1)C(N)=O. The lowest BCUT2D eigenvalue weighted by Gasteiger charge is -2.34. The number of primary amides is 1. The molecular weight excluding hydrogens is 204 g/mol. The van der Waals surface area contributed by atoms with Crippen molar-refractivity contribution >= 4 is 5.91 Å². The van der Waals surface area contributed by atoms with Gasteiger partial charge in [0.15, 0.2) is 0 Å². The summed E-state index contributed by atoms with van der Waals surface area (Å²) in [5.41, 5.74) is 5.38. The summed E-state index contributed by atoms with van der Waals surface area (Å²) in [4.78, 5) is 15.9. The van der Waals surface area contributed by atoms with E-state index in [0.29, 0.717) is 0 Å². The molecular formula is C11H24N4O. The van der Waals surface area contributed by atoms with E-state index in [0.717, 1.165) is 45.7 Å². The van der Waals surface area contributed by atoms with E-state index in [-0.39, 0.29) is 11.9 Å². The third-order valence-electron chi connectivity index (χ3n) is 3.02. The maximum absolute atomic E-state index is 11.3. The molecule has 0 aromatic rings. The van der Waals surface area contributed by atoms with Gasteiger partial charge in [0.25, 0.3) is 0 Å². The van der Waals surface area contributed by atoms with Gasteiger partial charge in [-0.1, -0.05) is 6.92 Å². The molecule has 5 heteroatoms. The number of carbonyl (C=O) groups is 1. The van der Waals surface area contributed by atoms with Gasteiger partial charge in [0.2, 0.25) is 5.91 Å². The summed E-state index contributed by atoms with van der Waals surface area (Å²) in [6.07, 6.45) is 1.02. The van der Waals surface area contributed by atoms with Crippen molar-refractivity contribution in [3.8, 4) is 0 Å². The Bertz CT molecular complexity index is 214. The van der Waals surface area contributed by atoms with Gasteiger partial charge in [-0.25, -0.2) is 0 Å². The van der Waals surface area contributed by atoms with Crippen LogP contribution in [0.1, 0.15) is 13.3 Å². The van der Waals surface area contributed by atoms with Crippen LogP contribution in [-0.2, 0) is 4.79 Å². The minimum Gasteiger partial charge on any atom is -0.368 e. The standard InChI is InChI=1S/C11H24N4O/c1-3-4-13-10(11(12)16)9-15-7-5-14(2)6-8-15/h10,13H,3-9H2,1-2H3,(H2,12,16). The summed E-state index contributed by atoms with van der Waals surface area (Å²) in [6, 6.07) is -0.205. The van der Waals surface area contributed by atoms with Gasteiger partial charge in [0.1, 0.15) is 0 Å². The highest BCUT2D eigenvalue weighted by molar-refractivity contribution is 5.80. The number of nitrogens with one attached hydrogen (secondary N) is 1. The summed E-state index contributed by atoms with van der Waals surface area (Å²) < 4.78 is 0. The highest BCUT2D eigenvalue weighted by Gasteiger charge is 2.21. The van der Waals surface area contributed by atoms with Crippen LogP contribution in [0.25, 0.3) is 0 Å². The smallest absolute Gasteiger partial charge is 0.235 e. The molecule has 16 heavy (non-hydrogen) atoms. The lowest BCUT2D eigenvalue weighted by atomic mass is 10.2. The minimum absolute atomic E-state index is 0.205. The first kappa shape index (κ1) is 13.4. The van der Waals surface area contributed by atoms with Crippen molar-refractivity contribution in [2.24, 2.45) is 5.73 Å². The van der Waals surface area contributed by atoms with Crippen LogP contribution in [0.2, 0.25) is 0 Å². The number of nitrogens with zero attached hydrogens (tertiary/aromatic N) is 2. The van der Waals surface area contributed by atoms with Gasteiger partial charge in [-0.3, -0.25) is 9.69 Å². The largest absolute Gasteiger partial charge is 0.368 e. The Morgan fingerprint density at radius 2 is 2.00 bits per heavy atom.